The van der Waals surface area contributed by atoms with Gasteiger partial charge in [-0.1, -0.05) is 13.8 Å². The van der Waals surface area contributed by atoms with Crippen molar-refractivity contribution in [1.29, 1.82) is 0 Å². The maximum Gasteiger partial charge on any atom is 0.277 e. The molecule has 3 aliphatic rings. The Balaban J connectivity index is 1.36. The normalized spacial score (nSPS) is 20.8. The maximum atomic E-state index is 13.2. The quantitative estimate of drug-likeness (QED) is 0.821. The summed E-state index contributed by atoms with van der Waals surface area (Å²) in [4.78, 5) is 34.9. The van der Waals surface area contributed by atoms with E-state index in [2.05, 4.69) is 29.9 Å². The average Bonchev–Trinajstić information content (AvgIpc) is 3.54. The predicted octanol–water partition coefficient (Wildman–Crippen LogP) is 2.69. The fourth-order valence-electron chi connectivity index (χ4n) is 5.35. The molecule has 1 saturated heterocycles. The first-order valence-electron chi connectivity index (χ1n) is 11.7. The molecular formula is C23H33N5O2. The summed E-state index contributed by atoms with van der Waals surface area (Å²) < 4.78 is 1.65. The number of H-pyrrole nitrogens is 1. The molecule has 162 valence electrons. The van der Waals surface area contributed by atoms with E-state index in [4.69, 9.17) is 4.98 Å². The van der Waals surface area contributed by atoms with Crippen molar-refractivity contribution >= 4 is 11.6 Å². The van der Waals surface area contributed by atoms with Gasteiger partial charge in [0.05, 0.1) is 11.3 Å². The Morgan fingerprint density at radius 1 is 1.17 bits per heavy atom. The highest BCUT2D eigenvalue weighted by atomic mass is 16.2. The highest BCUT2D eigenvalue weighted by molar-refractivity contribution is 5.81. The van der Waals surface area contributed by atoms with Crippen LogP contribution in [0.4, 0.5) is 0 Å². The SMILES string of the molecule is CCC(CC)N1CCc2nc3cc(C4CCN(C(=O)C5CC5)CC4)[nH]n3c(=O)c2C1. The molecule has 1 N–H and O–H groups in total. The summed E-state index contributed by atoms with van der Waals surface area (Å²) in [5.41, 5.74) is 3.69. The number of aromatic nitrogens is 3. The van der Waals surface area contributed by atoms with Gasteiger partial charge in [-0.05, 0) is 38.5 Å². The standard InChI is InChI=1S/C23H33N5O2/c1-3-17(4-2)27-12-9-19-18(14-27)23(30)28-21(24-19)13-20(25-28)15-7-10-26(11-8-15)22(29)16-5-6-16/h13,15-17,25H,3-12,14H2,1-2H3. The van der Waals surface area contributed by atoms with Crippen LogP contribution in [0, 0.1) is 5.92 Å². The zero-order chi connectivity index (χ0) is 20.8. The Hall–Kier alpha value is -2.15. The Bertz CT molecular complexity index is 993. The first-order valence-corrected chi connectivity index (χ1v) is 11.7. The topological polar surface area (TPSA) is 73.7 Å². The molecule has 0 atom stereocenters. The van der Waals surface area contributed by atoms with Gasteiger partial charge in [0.1, 0.15) is 0 Å². The van der Waals surface area contributed by atoms with Crippen LogP contribution in [0.25, 0.3) is 5.65 Å². The van der Waals surface area contributed by atoms with Gasteiger partial charge in [0.25, 0.3) is 5.56 Å². The van der Waals surface area contributed by atoms with E-state index >= 15 is 0 Å². The molecular weight excluding hydrogens is 378 g/mol. The van der Waals surface area contributed by atoms with Crippen LogP contribution in [0.15, 0.2) is 10.9 Å². The van der Waals surface area contributed by atoms with Crippen LogP contribution in [-0.2, 0) is 17.8 Å². The smallest absolute Gasteiger partial charge is 0.277 e. The number of nitrogens with zero attached hydrogens (tertiary/aromatic N) is 4. The molecule has 2 fully saturated rings. The van der Waals surface area contributed by atoms with E-state index in [9.17, 15) is 9.59 Å². The molecule has 0 aromatic carbocycles. The van der Waals surface area contributed by atoms with Crippen LogP contribution >= 0.6 is 0 Å². The van der Waals surface area contributed by atoms with Crippen LogP contribution in [0.3, 0.4) is 0 Å². The first kappa shape index (κ1) is 19.8. The van der Waals surface area contributed by atoms with Crippen LogP contribution in [0.5, 0.6) is 0 Å². The molecule has 1 saturated carbocycles. The van der Waals surface area contributed by atoms with Gasteiger partial charge < -0.3 is 4.90 Å². The van der Waals surface area contributed by atoms with Crippen LogP contribution < -0.4 is 5.56 Å². The summed E-state index contributed by atoms with van der Waals surface area (Å²) in [5, 5.41) is 3.35. The van der Waals surface area contributed by atoms with Crippen molar-refractivity contribution in [1.82, 2.24) is 24.4 Å². The molecule has 2 aliphatic heterocycles. The summed E-state index contributed by atoms with van der Waals surface area (Å²) in [5.74, 6) is 0.994. The van der Waals surface area contributed by atoms with Gasteiger partial charge in [-0.25, -0.2) is 9.50 Å². The molecule has 1 aliphatic carbocycles. The van der Waals surface area contributed by atoms with Gasteiger partial charge in [-0.15, -0.1) is 0 Å². The monoisotopic (exact) mass is 411 g/mol. The third-order valence-corrected chi connectivity index (χ3v) is 7.44. The number of likely N-dealkylation sites (tertiary alicyclic amines) is 1. The van der Waals surface area contributed by atoms with Crippen LogP contribution in [-0.4, -0.2) is 56.0 Å². The van der Waals surface area contributed by atoms with Crippen molar-refractivity contribution in [3.05, 3.63) is 33.4 Å². The maximum absolute atomic E-state index is 13.2. The Morgan fingerprint density at radius 2 is 1.90 bits per heavy atom. The number of carbonyl (C=O) groups excluding carboxylic acids is 1. The van der Waals surface area contributed by atoms with Crippen molar-refractivity contribution in [3.63, 3.8) is 0 Å². The molecule has 7 heteroatoms. The number of piperidine rings is 1. The van der Waals surface area contributed by atoms with Crippen molar-refractivity contribution in [3.8, 4) is 0 Å². The Labute approximate surface area is 177 Å². The molecule has 7 nitrogen and oxygen atoms in total. The summed E-state index contributed by atoms with van der Waals surface area (Å²) >= 11 is 0. The number of fused-ring (bicyclic) bond motifs is 2. The van der Waals surface area contributed by atoms with Gasteiger partial charge in [0, 0.05) is 62.2 Å². The molecule has 2 aromatic heterocycles. The van der Waals surface area contributed by atoms with Gasteiger partial charge in [-0.3, -0.25) is 19.6 Å². The molecule has 0 unspecified atom stereocenters. The number of carbonyl (C=O) groups is 1. The van der Waals surface area contributed by atoms with Gasteiger partial charge in [0.2, 0.25) is 5.91 Å². The summed E-state index contributed by atoms with van der Waals surface area (Å²) in [6, 6.07) is 2.58. The number of hydrogen-bond acceptors (Lipinski definition) is 4. The number of amides is 1. The minimum Gasteiger partial charge on any atom is -0.342 e. The van der Waals surface area contributed by atoms with Gasteiger partial charge in [-0.2, -0.15) is 0 Å². The largest absolute Gasteiger partial charge is 0.342 e. The molecule has 4 heterocycles. The second kappa shape index (κ2) is 7.84. The average molecular weight is 412 g/mol. The van der Waals surface area contributed by atoms with Crippen LogP contribution in [0.1, 0.15) is 75.2 Å². The van der Waals surface area contributed by atoms with E-state index in [1.807, 2.05) is 4.90 Å². The molecule has 0 spiro atoms. The first-order chi connectivity index (χ1) is 14.6. The summed E-state index contributed by atoms with van der Waals surface area (Å²) in [6.45, 7) is 7.76. The second-order valence-corrected chi connectivity index (χ2v) is 9.31. The van der Waals surface area contributed by atoms with Gasteiger partial charge >= 0.3 is 0 Å². The number of rotatable bonds is 5. The Morgan fingerprint density at radius 3 is 2.57 bits per heavy atom. The molecule has 1 amide bonds. The van der Waals surface area contributed by atoms with E-state index in [0.29, 0.717) is 30.3 Å². The summed E-state index contributed by atoms with van der Waals surface area (Å²) in [6.07, 6.45) is 7.09. The van der Waals surface area contributed by atoms with E-state index in [0.717, 1.165) is 87.2 Å². The van der Waals surface area contributed by atoms with Crippen molar-refractivity contribution in [2.75, 3.05) is 19.6 Å². The lowest BCUT2D eigenvalue weighted by atomic mass is 9.93. The molecule has 2 aromatic rings. The van der Waals surface area contributed by atoms with Crippen LogP contribution in [0.2, 0.25) is 0 Å². The van der Waals surface area contributed by atoms with Crippen molar-refractivity contribution in [2.45, 2.75) is 77.3 Å². The third kappa shape index (κ3) is 3.47. The lowest BCUT2D eigenvalue weighted by Gasteiger charge is -2.33. The molecule has 30 heavy (non-hydrogen) atoms. The molecule has 0 radical (unpaired) electrons. The fraction of sp³-hybridized carbons (Fsp3) is 0.696. The molecule has 5 rings (SSSR count). The number of nitrogens with one attached hydrogen (secondary N) is 1. The van der Waals surface area contributed by atoms with E-state index in [1.165, 1.54) is 0 Å². The Kier molecular flexibility index (Phi) is 5.17. The molecule has 0 bridgehead atoms. The third-order valence-electron chi connectivity index (χ3n) is 7.44. The fourth-order valence-corrected chi connectivity index (χ4v) is 5.35. The predicted molar refractivity (Wildman–Crippen MR) is 116 cm³/mol. The van der Waals surface area contributed by atoms with Crippen molar-refractivity contribution < 1.29 is 4.79 Å². The van der Waals surface area contributed by atoms with E-state index in [-0.39, 0.29) is 5.56 Å². The minimum atomic E-state index is 0.0539. The highest BCUT2D eigenvalue weighted by Gasteiger charge is 2.35. The van der Waals surface area contributed by atoms with E-state index < -0.39 is 0 Å². The highest BCUT2D eigenvalue weighted by Crippen LogP contribution is 2.34. The zero-order valence-corrected chi connectivity index (χ0v) is 18.2. The minimum absolute atomic E-state index is 0.0539. The zero-order valence-electron chi connectivity index (χ0n) is 18.2. The van der Waals surface area contributed by atoms with E-state index in [1.54, 1.807) is 4.52 Å². The lowest BCUT2D eigenvalue weighted by molar-refractivity contribution is -0.133. The summed E-state index contributed by atoms with van der Waals surface area (Å²) in [7, 11) is 0. The van der Waals surface area contributed by atoms with Crippen molar-refractivity contribution in [2.24, 2.45) is 5.92 Å². The number of aromatic amines is 1. The second-order valence-electron chi connectivity index (χ2n) is 9.31. The lowest BCUT2D eigenvalue weighted by Crippen LogP contribution is -2.42. The van der Waals surface area contributed by atoms with Gasteiger partial charge in [0.15, 0.2) is 5.65 Å². The number of hydrogen-bond donors (Lipinski definition) is 1.